The quantitative estimate of drug-likeness (QED) is 0.806. The number of nitrogens with zero attached hydrogens (tertiary/aromatic N) is 2. The summed E-state index contributed by atoms with van der Waals surface area (Å²) in [5.41, 5.74) is 0. The fourth-order valence-electron chi connectivity index (χ4n) is 3.37. The van der Waals surface area contributed by atoms with Crippen molar-refractivity contribution in [2.45, 2.75) is 58.2 Å². The molecule has 0 aromatic heterocycles. The Kier molecular flexibility index (Phi) is 4.83. The normalized spacial score (nSPS) is 33.2. The number of nitrogens with one attached hydrogen (secondary N) is 1. The Hall–Kier alpha value is -0.120. The van der Waals surface area contributed by atoms with Gasteiger partial charge in [-0.25, -0.2) is 0 Å². The van der Waals surface area contributed by atoms with Crippen molar-refractivity contribution in [1.82, 2.24) is 15.1 Å². The van der Waals surface area contributed by atoms with Crippen LogP contribution in [0.5, 0.6) is 0 Å². The molecule has 2 heterocycles. The summed E-state index contributed by atoms with van der Waals surface area (Å²) in [5.74, 6) is 0. The van der Waals surface area contributed by atoms with E-state index in [0.717, 1.165) is 12.6 Å². The second-order valence-electron chi connectivity index (χ2n) is 6.10. The van der Waals surface area contributed by atoms with Gasteiger partial charge in [-0.2, -0.15) is 0 Å². The van der Waals surface area contributed by atoms with Gasteiger partial charge >= 0.3 is 0 Å². The fourth-order valence-corrected chi connectivity index (χ4v) is 3.37. The molecule has 2 rings (SSSR count). The van der Waals surface area contributed by atoms with Crippen molar-refractivity contribution < 1.29 is 0 Å². The summed E-state index contributed by atoms with van der Waals surface area (Å²) in [7, 11) is 0. The fraction of sp³-hybridized carbons (Fsp3) is 1.00. The van der Waals surface area contributed by atoms with E-state index in [-0.39, 0.29) is 0 Å². The first-order valence-corrected chi connectivity index (χ1v) is 7.38. The number of hydrogen-bond acceptors (Lipinski definition) is 3. The highest BCUT2D eigenvalue weighted by molar-refractivity contribution is 4.84. The van der Waals surface area contributed by atoms with Crippen molar-refractivity contribution in [3.63, 3.8) is 0 Å². The van der Waals surface area contributed by atoms with Gasteiger partial charge in [0.05, 0.1) is 0 Å². The van der Waals surface area contributed by atoms with Crippen LogP contribution < -0.4 is 5.32 Å². The molecular formula is C14H29N3. The SMILES string of the molecule is CC1CN(CC2CCCCN2C(C)C)CCN1. The minimum atomic E-state index is 0.667. The average Bonchev–Trinajstić information content (AvgIpc) is 2.29. The minimum Gasteiger partial charge on any atom is -0.312 e. The molecule has 0 aromatic carbocycles. The Balaban J connectivity index is 1.86. The van der Waals surface area contributed by atoms with Gasteiger partial charge in [0.25, 0.3) is 0 Å². The number of piperidine rings is 1. The van der Waals surface area contributed by atoms with Crippen LogP contribution in [0.4, 0.5) is 0 Å². The lowest BCUT2D eigenvalue weighted by atomic mass is 9.99. The topological polar surface area (TPSA) is 18.5 Å². The summed E-state index contributed by atoms with van der Waals surface area (Å²) in [4.78, 5) is 5.38. The first-order valence-electron chi connectivity index (χ1n) is 7.38. The lowest BCUT2D eigenvalue weighted by Gasteiger charge is -2.42. The van der Waals surface area contributed by atoms with E-state index in [0.29, 0.717) is 12.1 Å². The maximum atomic E-state index is 3.53. The molecule has 3 nitrogen and oxygen atoms in total. The van der Waals surface area contributed by atoms with E-state index in [1.807, 2.05) is 0 Å². The van der Waals surface area contributed by atoms with Crippen molar-refractivity contribution in [2.24, 2.45) is 0 Å². The van der Waals surface area contributed by atoms with Crippen LogP contribution >= 0.6 is 0 Å². The monoisotopic (exact) mass is 239 g/mol. The number of likely N-dealkylation sites (tertiary alicyclic amines) is 1. The zero-order chi connectivity index (χ0) is 12.3. The highest BCUT2D eigenvalue weighted by Crippen LogP contribution is 2.20. The van der Waals surface area contributed by atoms with Crippen molar-refractivity contribution in [2.75, 3.05) is 32.7 Å². The Morgan fingerprint density at radius 2 is 2.06 bits per heavy atom. The summed E-state index contributed by atoms with van der Waals surface area (Å²) in [6.07, 6.45) is 4.22. The third-order valence-corrected chi connectivity index (χ3v) is 4.26. The molecule has 0 saturated carbocycles. The third-order valence-electron chi connectivity index (χ3n) is 4.26. The molecule has 100 valence electrons. The van der Waals surface area contributed by atoms with E-state index in [9.17, 15) is 0 Å². The van der Waals surface area contributed by atoms with Crippen LogP contribution in [0.2, 0.25) is 0 Å². The molecule has 0 aromatic rings. The molecule has 0 spiro atoms. The van der Waals surface area contributed by atoms with Gasteiger partial charge in [0.1, 0.15) is 0 Å². The lowest BCUT2D eigenvalue weighted by Crippen LogP contribution is -2.55. The van der Waals surface area contributed by atoms with Crippen molar-refractivity contribution in [3.8, 4) is 0 Å². The predicted octanol–water partition coefficient (Wildman–Crippen LogP) is 1.54. The second-order valence-corrected chi connectivity index (χ2v) is 6.10. The summed E-state index contributed by atoms with van der Waals surface area (Å²) in [6.45, 7) is 13.2. The standard InChI is InChI=1S/C14H29N3/c1-12(2)17-8-5-4-6-14(17)11-16-9-7-15-13(3)10-16/h12-15H,4-11H2,1-3H3. The maximum absolute atomic E-state index is 3.53. The highest BCUT2D eigenvalue weighted by Gasteiger charge is 2.27. The first-order chi connectivity index (χ1) is 8.16. The Morgan fingerprint density at radius 1 is 1.24 bits per heavy atom. The summed E-state index contributed by atoms with van der Waals surface area (Å²) < 4.78 is 0. The molecule has 0 amide bonds. The molecule has 3 heteroatoms. The van der Waals surface area contributed by atoms with E-state index in [2.05, 4.69) is 35.9 Å². The van der Waals surface area contributed by atoms with Crippen LogP contribution in [0.25, 0.3) is 0 Å². The smallest absolute Gasteiger partial charge is 0.0225 e. The maximum Gasteiger partial charge on any atom is 0.0225 e. The number of rotatable bonds is 3. The van der Waals surface area contributed by atoms with Gasteiger partial charge in [-0.1, -0.05) is 6.42 Å². The van der Waals surface area contributed by atoms with Gasteiger partial charge in [-0.3, -0.25) is 9.80 Å². The molecule has 2 saturated heterocycles. The molecule has 2 unspecified atom stereocenters. The third kappa shape index (κ3) is 3.67. The largest absolute Gasteiger partial charge is 0.312 e. The van der Waals surface area contributed by atoms with Gasteiger partial charge in [0.15, 0.2) is 0 Å². The number of piperazine rings is 1. The van der Waals surface area contributed by atoms with Crippen LogP contribution in [0, 0.1) is 0 Å². The molecule has 2 aliphatic heterocycles. The van der Waals surface area contributed by atoms with Crippen LogP contribution in [0.1, 0.15) is 40.0 Å². The van der Waals surface area contributed by atoms with Gasteiger partial charge in [0, 0.05) is 44.3 Å². The zero-order valence-corrected chi connectivity index (χ0v) is 11.8. The molecule has 2 fully saturated rings. The zero-order valence-electron chi connectivity index (χ0n) is 11.8. The van der Waals surface area contributed by atoms with Crippen LogP contribution in [0.3, 0.4) is 0 Å². The summed E-state index contributed by atoms with van der Waals surface area (Å²) >= 11 is 0. The van der Waals surface area contributed by atoms with E-state index in [1.54, 1.807) is 0 Å². The molecule has 0 aliphatic carbocycles. The second kappa shape index (κ2) is 6.17. The summed E-state index contributed by atoms with van der Waals surface area (Å²) in [5, 5.41) is 3.53. The number of hydrogen-bond donors (Lipinski definition) is 1. The van der Waals surface area contributed by atoms with Crippen molar-refractivity contribution in [3.05, 3.63) is 0 Å². The summed E-state index contributed by atoms with van der Waals surface area (Å²) in [6, 6.07) is 2.18. The van der Waals surface area contributed by atoms with Gasteiger partial charge < -0.3 is 5.32 Å². The van der Waals surface area contributed by atoms with Crippen LogP contribution in [-0.2, 0) is 0 Å². The Bertz CT molecular complexity index is 230. The molecule has 0 radical (unpaired) electrons. The predicted molar refractivity (Wildman–Crippen MR) is 73.4 cm³/mol. The van der Waals surface area contributed by atoms with Crippen LogP contribution in [-0.4, -0.2) is 60.6 Å². The highest BCUT2D eigenvalue weighted by atomic mass is 15.3. The van der Waals surface area contributed by atoms with E-state index in [4.69, 9.17) is 0 Å². The van der Waals surface area contributed by atoms with Gasteiger partial charge in [-0.05, 0) is 40.2 Å². The van der Waals surface area contributed by atoms with Gasteiger partial charge in [0.2, 0.25) is 0 Å². The lowest BCUT2D eigenvalue weighted by molar-refractivity contribution is 0.0689. The average molecular weight is 239 g/mol. The van der Waals surface area contributed by atoms with E-state index >= 15 is 0 Å². The molecule has 0 bridgehead atoms. The molecule has 2 aliphatic rings. The van der Waals surface area contributed by atoms with Crippen LogP contribution in [0.15, 0.2) is 0 Å². The molecular weight excluding hydrogens is 210 g/mol. The van der Waals surface area contributed by atoms with Gasteiger partial charge in [-0.15, -0.1) is 0 Å². The Morgan fingerprint density at radius 3 is 2.76 bits per heavy atom. The van der Waals surface area contributed by atoms with Crippen molar-refractivity contribution in [1.29, 1.82) is 0 Å². The molecule has 2 atom stereocenters. The van der Waals surface area contributed by atoms with E-state index in [1.165, 1.54) is 45.4 Å². The van der Waals surface area contributed by atoms with Crippen molar-refractivity contribution >= 4 is 0 Å². The first kappa shape index (κ1) is 13.3. The minimum absolute atomic E-state index is 0.667. The Labute approximate surface area is 107 Å². The van der Waals surface area contributed by atoms with E-state index < -0.39 is 0 Å². The molecule has 1 N–H and O–H groups in total. The molecule has 17 heavy (non-hydrogen) atoms.